The topological polar surface area (TPSA) is 68.0 Å². The Morgan fingerprint density at radius 3 is 2.65 bits per heavy atom. The average molecular weight is 256 g/mol. The maximum Gasteiger partial charge on any atom is 0.270 e. The van der Waals surface area contributed by atoms with Crippen molar-refractivity contribution in [2.75, 3.05) is 5.73 Å². The van der Waals surface area contributed by atoms with Gasteiger partial charge in [0.25, 0.3) is 5.91 Å². The molecular formula is C12H18ClN3O. The van der Waals surface area contributed by atoms with Crippen molar-refractivity contribution < 1.29 is 4.79 Å². The number of nitrogens with two attached hydrogens (primary N) is 1. The van der Waals surface area contributed by atoms with Gasteiger partial charge in [0.2, 0.25) is 0 Å². The molecule has 1 amide bonds. The summed E-state index contributed by atoms with van der Waals surface area (Å²) in [4.78, 5) is 15.9. The van der Waals surface area contributed by atoms with Crippen LogP contribution in [0.15, 0.2) is 18.3 Å². The lowest BCUT2D eigenvalue weighted by Crippen LogP contribution is -2.53. The predicted molar refractivity (Wildman–Crippen MR) is 70.2 cm³/mol. The van der Waals surface area contributed by atoms with Gasteiger partial charge in [0.05, 0.1) is 11.9 Å². The molecule has 1 aliphatic rings. The number of carbonyl (C=O) groups excluding carboxylic acids is 1. The number of nitrogens with zero attached hydrogens (tertiary/aromatic N) is 1. The van der Waals surface area contributed by atoms with Gasteiger partial charge in [-0.1, -0.05) is 6.92 Å². The molecule has 1 aromatic heterocycles. The number of pyridine rings is 1. The van der Waals surface area contributed by atoms with Crippen LogP contribution < -0.4 is 11.1 Å². The molecule has 5 heteroatoms. The molecule has 0 unspecified atom stereocenters. The number of anilines is 1. The van der Waals surface area contributed by atoms with Crippen LogP contribution in [0.5, 0.6) is 0 Å². The second kappa shape index (κ2) is 5.36. The lowest BCUT2D eigenvalue weighted by atomic mass is 9.75. The Morgan fingerprint density at radius 2 is 2.24 bits per heavy atom. The van der Waals surface area contributed by atoms with Gasteiger partial charge in [0.15, 0.2) is 0 Å². The Hall–Kier alpha value is -1.29. The number of hydrogen-bond donors (Lipinski definition) is 2. The summed E-state index contributed by atoms with van der Waals surface area (Å²) in [5.74, 6) is -0.0958. The molecule has 1 heterocycles. The number of amides is 1. The molecule has 0 aromatic carbocycles. The zero-order valence-electron chi connectivity index (χ0n) is 9.90. The van der Waals surface area contributed by atoms with Crippen molar-refractivity contribution in [2.45, 2.75) is 38.1 Å². The predicted octanol–water partition coefficient (Wildman–Crippen LogP) is 2.15. The van der Waals surface area contributed by atoms with Crippen LogP contribution in [0.1, 0.15) is 43.1 Å². The van der Waals surface area contributed by atoms with Crippen LogP contribution >= 0.6 is 12.4 Å². The van der Waals surface area contributed by atoms with Crippen molar-refractivity contribution in [3.05, 3.63) is 24.0 Å². The van der Waals surface area contributed by atoms with E-state index in [-0.39, 0.29) is 23.9 Å². The Kier molecular flexibility index (Phi) is 4.34. The average Bonchev–Trinajstić information content (AvgIpc) is 2.24. The molecule has 1 saturated carbocycles. The van der Waals surface area contributed by atoms with Gasteiger partial charge in [0.1, 0.15) is 5.69 Å². The number of rotatable bonds is 3. The summed E-state index contributed by atoms with van der Waals surface area (Å²) < 4.78 is 0. The Morgan fingerprint density at radius 1 is 1.53 bits per heavy atom. The van der Waals surface area contributed by atoms with Gasteiger partial charge < -0.3 is 11.1 Å². The summed E-state index contributed by atoms with van der Waals surface area (Å²) in [5.41, 5.74) is 6.55. The molecule has 0 bridgehead atoms. The zero-order valence-corrected chi connectivity index (χ0v) is 10.7. The van der Waals surface area contributed by atoms with E-state index >= 15 is 0 Å². The molecule has 0 spiro atoms. The normalized spacial score (nSPS) is 16.5. The number of halogens is 1. The molecule has 0 saturated heterocycles. The van der Waals surface area contributed by atoms with Gasteiger partial charge in [0, 0.05) is 5.54 Å². The van der Waals surface area contributed by atoms with Gasteiger partial charge in [-0.25, -0.2) is 4.98 Å². The summed E-state index contributed by atoms with van der Waals surface area (Å²) in [7, 11) is 0. The molecule has 0 aliphatic heterocycles. The summed E-state index contributed by atoms with van der Waals surface area (Å²) in [6.07, 6.45) is 5.83. The zero-order chi connectivity index (χ0) is 11.6. The maximum atomic E-state index is 11.9. The Balaban J connectivity index is 0.00000144. The summed E-state index contributed by atoms with van der Waals surface area (Å²) in [6.45, 7) is 2.11. The van der Waals surface area contributed by atoms with E-state index < -0.39 is 0 Å². The van der Waals surface area contributed by atoms with Gasteiger partial charge in [-0.05, 0) is 37.8 Å². The molecule has 1 aliphatic carbocycles. The van der Waals surface area contributed by atoms with E-state index in [1.807, 2.05) is 0 Å². The van der Waals surface area contributed by atoms with Crippen molar-refractivity contribution >= 4 is 24.0 Å². The highest BCUT2D eigenvalue weighted by Crippen LogP contribution is 2.34. The van der Waals surface area contributed by atoms with Gasteiger partial charge in [-0.15, -0.1) is 12.4 Å². The monoisotopic (exact) mass is 255 g/mol. The molecule has 3 N–H and O–H groups in total. The fourth-order valence-electron chi connectivity index (χ4n) is 2.01. The molecule has 0 radical (unpaired) electrons. The fraction of sp³-hybridized carbons (Fsp3) is 0.500. The molecule has 1 aromatic rings. The lowest BCUT2D eigenvalue weighted by molar-refractivity contribution is 0.0815. The van der Waals surface area contributed by atoms with Crippen LogP contribution in [0.4, 0.5) is 5.69 Å². The van der Waals surface area contributed by atoms with Crippen LogP contribution in [-0.4, -0.2) is 16.4 Å². The lowest BCUT2D eigenvalue weighted by Gasteiger charge is -2.41. The van der Waals surface area contributed by atoms with Crippen LogP contribution in [0.3, 0.4) is 0 Å². The number of carbonyl (C=O) groups is 1. The highest BCUT2D eigenvalue weighted by molar-refractivity contribution is 5.93. The van der Waals surface area contributed by atoms with Gasteiger partial charge in [-0.3, -0.25) is 4.79 Å². The van der Waals surface area contributed by atoms with Gasteiger partial charge >= 0.3 is 0 Å². The van der Waals surface area contributed by atoms with Crippen molar-refractivity contribution in [1.82, 2.24) is 10.3 Å². The molecule has 2 rings (SSSR count). The minimum atomic E-state index is -0.0958. The third-order valence-electron chi connectivity index (χ3n) is 3.39. The number of hydrogen-bond acceptors (Lipinski definition) is 3. The number of nitrogen functional groups attached to an aromatic ring is 1. The summed E-state index contributed by atoms with van der Waals surface area (Å²) in [5, 5.41) is 3.07. The summed E-state index contributed by atoms with van der Waals surface area (Å²) in [6, 6.07) is 3.36. The van der Waals surface area contributed by atoms with E-state index in [1.165, 1.54) is 12.6 Å². The van der Waals surface area contributed by atoms with Crippen LogP contribution in [0.2, 0.25) is 0 Å². The third kappa shape index (κ3) is 2.88. The smallest absolute Gasteiger partial charge is 0.270 e. The van der Waals surface area contributed by atoms with Crippen molar-refractivity contribution in [3.63, 3.8) is 0 Å². The van der Waals surface area contributed by atoms with E-state index in [0.717, 1.165) is 19.3 Å². The Labute approximate surface area is 107 Å². The minimum absolute atomic E-state index is 0. The highest BCUT2D eigenvalue weighted by atomic mass is 35.5. The summed E-state index contributed by atoms with van der Waals surface area (Å²) >= 11 is 0. The van der Waals surface area contributed by atoms with E-state index in [1.54, 1.807) is 12.1 Å². The molecule has 0 atom stereocenters. The SMILES string of the molecule is CCC1(NC(=O)c2ccc(N)cn2)CCC1.Cl. The largest absolute Gasteiger partial charge is 0.397 e. The van der Waals surface area contributed by atoms with E-state index in [2.05, 4.69) is 17.2 Å². The van der Waals surface area contributed by atoms with Crippen LogP contribution in [0, 0.1) is 0 Å². The number of nitrogens with one attached hydrogen (secondary N) is 1. The maximum absolute atomic E-state index is 11.9. The van der Waals surface area contributed by atoms with Gasteiger partial charge in [-0.2, -0.15) is 0 Å². The standard InChI is InChI=1S/C12H17N3O.ClH/c1-2-12(6-3-7-12)15-11(16)10-5-4-9(13)8-14-10;/h4-5,8H,2-3,6-7,13H2,1H3,(H,15,16);1H. The third-order valence-corrected chi connectivity index (χ3v) is 3.39. The van der Waals surface area contributed by atoms with Crippen molar-refractivity contribution in [1.29, 1.82) is 0 Å². The van der Waals surface area contributed by atoms with Crippen molar-refractivity contribution in [2.24, 2.45) is 0 Å². The number of aromatic nitrogens is 1. The molecule has 1 fully saturated rings. The van der Waals surface area contributed by atoms with Crippen molar-refractivity contribution in [3.8, 4) is 0 Å². The van der Waals surface area contributed by atoms with Crippen LogP contribution in [-0.2, 0) is 0 Å². The first-order chi connectivity index (χ1) is 7.65. The van der Waals surface area contributed by atoms with E-state index in [9.17, 15) is 4.79 Å². The first-order valence-corrected chi connectivity index (χ1v) is 5.69. The Bertz CT molecular complexity index is 382. The highest BCUT2D eigenvalue weighted by Gasteiger charge is 2.36. The minimum Gasteiger partial charge on any atom is -0.397 e. The second-order valence-corrected chi connectivity index (χ2v) is 4.42. The molecule has 94 valence electrons. The fourth-order valence-corrected chi connectivity index (χ4v) is 2.01. The second-order valence-electron chi connectivity index (χ2n) is 4.42. The molecule has 17 heavy (non-hydrogen) atoms. The van der Waals surface area contributed by atoms with E-state index in [0.29, 0.717) is 11.4 Å². The first kappa shape index (κ1) is 13.8. The first-order valence-electron chi connectivity index (χ1n) is 5.69. The quantitative estimate of drug-likeness (QED) is 0.870. The van der Waals surface area contributed by atoms with E-state index in [4.69, 9.17) is 5.73 Å². The molecular weight excluding hydrogens is 238 g/mol. The van der Waals surface area contributed by atoms with Crippen LogP contribution in [0.25, 0.3) is 0 Å². The molecule has 4 nitrogen and oxygen atoms in total.